The van der Waals surface area contributed by atoms with Crippen molar-refractivity contribution < 1.29 is 14.1 Å². The van der Waals surface area contributed by atoms with Gasteiger partial charge >= 0.3 is 5.97 Å². The third-order valence-corrected chi connectivity index (χ3v) is 2.75. The quantitative estimate of drug-likeness (QED) is 0.641. The van der Waals surface area contributed by atoms with Gasteiger partial charge in [-0.05, 0) is 13.0 Å². The maximum absolute atomic E-state index is 11.7. The second-order valence-corrected chi connectivity index (χ2v) is 4.27. The number of rotatable bonds is 3. The van der Waals surface area contributed by atoms with Gasteiger partial charge in [0.25, 0.3) is 0 Å². The van der Waals surface area contributed by atoms with Gasteiger partial charge in [-0.3, -0.25) is 0 Å². The van der Waals surface area contributed by atoms with E-state index in [1.807, 2.05) is 0 Å². The smallest absolute Gasteiger partial charge is 0.340 e. The van der Waals surface area contributed by atoms with Crippen LogP contribution in [0.2, 0.25) is 10.2 Å². The van der Waals surface area contributed by atoms with E-state index in [1.165, 1.54) is 12.3 Å². The summed E-state index contributed by atoms with van der Waals surface area (Å²) in [5, 5.41) is 4.03. The van der Waals surface area contributed by atoms with E-state index in [2.05, 4.69) is 10.1 Å². The van der Waals surface area contributed by atoms with Crippen LogP contribution in [-0.2, 0) is 11.3 Å². The molecule has 7 heteroatoms. The number of pyridine rings is 1. The Balaban J connectivity index is 2.01. The standard InChI is InChI=1S/C11H8Cl2N2O3/c1-6-2-8(15-18-6)5-17-11(16)7-3-9(12)10(13)14-4-7/h2-4H,5H2,1H3. The van der Waals surface area contributed by atoms with Crippen LogP contribution in [0.15, 0.2) is 22.9 Å². The average Bonchev–Trinajstić information content (AvgIpc) is 2.75. The number of hydrogen-bond acceptors (Lipinski definition) is 5. The summed E-state index contributed by atoms with van der Waals surface area (Å²) in [7, 11) is 0. The zero-order chi connectivity index (χ0) is 13.1. The van der Waals surface area contributed by atoms with E-state index in [0.717, 1.165) is 0 Å². The molecule has 0 amide bonds. The van der Waals surface area contributed by atoms with Crippen molar-refractivity contribution in [3.05, 3.63) is 45.5 Å². The summed E-state index contributed by atoms with van der Waals surface area (Å²) in [5.41, 5.74) is 0.762. The van der Waals surface area contributed by atoms with Crippen LogP contribution < -0.4 is 0 Å². The zero-order valence-corrected chi connectivity index (χ0v) is 10.8. The first-order valence-electron chi connectivity index (χ1n) is 4.96. The topological polar surface area (TPSA) is 65.2 Å². The van der Waals surface area contributed by atoms with Crippen LogP contribution in [0.25, 0.3) is 0 Å². The molecule has 2 rings (SSSR count). The van der Waals surface area contributed by atoms with E-state index < -0.39 is 5.97 Å². The molecule has 2 heterocycles. The number of aromatic nitrogens is 2. The summed E-state index contributed by atoms with van der Waals surface area (Å²) < 4.78 is 9.86. The minimum atomic E-state index is -0.554. The molecule has 0 spiro atoms. The van der Waals surface area contributed by atoms with E-state index in [4.69, 9.17) is 32.5 Å². The van der Waals surface area contributed by atoms with E-state index in [-0.39, 0.29) is 22.3 Å². The molecule has 0 aromatic carbocycles. The second-order valence-electron chi connectivity index (χ2n) is 3.50. The Morgan fingerprint density at radius 2 is 2.22 bits per heavy atom. The van der Waals surface area contributed by atoms with Gasteiger partial charge in [0, 0.05) is 12.3 Å². The van der Waals surface area contributed by atoms with E-state index in [9.17, 15) is 4.79 Å². The van der Waals surface area contributed by atoms with Gasteiger partial charge in [0.05, 0.1) is 10.6 Å². The first-order valence-corrected chi connectivity index (χ1v) is 5.72. The molecule has 2 aromatic rings. The normalized spacial score (nSPS) is 10.4. The van der Waals surface area contributed by atoms with Gasteiger partial charge in [0.2, 0.25) is 0 Å². The molecule has 0 aliphatic rings. The number of ether oxygens (including phenoxy) is 1. The fraction of sp³-hybridized carbons (Fsp3) is 0.182. The Morgan fingerprint density at radius 1 is 1.44 bits per heavy atom. The monoisotopic (exact) mass is 286 g/mol. The molecule has 2 aromatic heterocycles. The van der Waals surface area contributed by atoms with Crippen molar-refractivity contribution in [2.45, 2.75) is 13.5 Å². The first kappa shape index (κ1) is 12.9. The average molecular weight is 287 g/mol. The maximum Gasteiger partial charge on any atom is 0.340 e. The largest absolute Gasteiger partial charge is 0.455 e. The Labute approximate surface area is 113 Å². The summed E-state index contributed by atoms with van der Waals surface area (Å²) in [6.07, 6.45) is 1.30. The zero-order valence-electron chi connectivity index (χ0n) is 9.31. The van der Waals surface area contributed by atoms with Crippen LogP contribution in [0, 0.1) is 6.92 Å². The number of aryl methyl sites for hydroxylation is 1. The molecule has 0 aliphatic heterocycles. The van der Waals surface area contributed by atoms with Gasteiger partial charge in [0.1, 0.15) is 23.2 Å². The number of nitrogens with zero attached hydrogens (tertiary/aromatic N) is 2. The Hall–Kier alpha value is -1.59. The number of hydrogen-bond donors (Lipinski definition) is 0. The van der Waals surface area contributed by atoms with Crippen molar-refractivity contribution in [2.75, 3.05) is 0 Å². The van der Waals surface area contributed by atoms with Crippen LogP contribution in [0.3, 0.4) is 0 Å². The molecule has 0 saturated heterocycles. The van der Waals surface area contributed by atoms with Crippen molar-refractivity contribution in [3.63, 3.8) is 0 Å². The van der Waals surface area contributed by atoms with Crippen molar-refractivity contribution in [1.82, 2.24) is 10.1 Å². The summed E-state index contributed by atoms with van der Waals surface area (Å²) in [6.45, 7) is 1.78. The van der Waals surface area contributed by atoms with Gasteiger partial charge in [-0.15, -0.1) is 0 Å². The highest BCUT2D eigenvalue weighted by atomic mass is 35.5. The SMILES string of the molecule is Cc1cc(COC(=O)c2cnc(Cl)c(Cl)c2)no1. The van der Waals surface area contributed by atoms with Crippen LogP contribution in [0.1, 0.15) is 21.8 Å². The van der Waals surface area contributed by atoms with E-state index in [0.29, 0.717) is 11.5 Å². The molecule has 0 aliphatic carbocycles. The van der Waals surface area contributed by atoms with E-state index >= 15 is 0 Å². The van der Waals surface area contributed by atoms with Gasteiger partial charge in [-0.25, -0.2) is 9.78 Å². The van der Waals surface area contributed by atoms with Crippen molar-refractivity contribution in [3.8, 4) is 0 Å². The highest BCUT2D eigenvalue weighted by molar-refractivity contribution is 6.41. The molecular weight excluding hydrogens is 279 g/mol. The molecule has 0 saturated carbocycles. The third kappa shape index (κ3) is 3.00. The minimum absolute atomic E-state index is 0.0242. The van der Waals surface area contributed by atoms with Gasteiger partial charge in [0.15, 0.2) is 0 Å². The number of halogens is 2. The lowest BCUT2D eigenvalue weighted by Crippen LogP contribution is -2.06. The van der Waals surface area contributed by atoms with Gasteiger partial charge in [-0.1, -0.05) is 28.4 Å². The second kappa shape index (κ2) is 5.37. The van der Waals surface area contributed by atoms with Crippen molar-refractivity contribution >= 4 is 29.2 Å². The summed E-state index contributed by atoms with van der Waals surface area (Å²) >= 11 is 11.4. The van der Waals surface area contributed by atoms with Gasteiger partial charge in [-0.2, -0.15) is 0 Å². The molecule has 0 unspecified atom stereocenters. The molecule has 0 radical (unpaired) electrons. The Morgan fingerprint density at radius 3 is 2.83 bits per heavy atom. The summed E-state index contributed by atoms with van der Waals surface area (Å²) in [6, 6.07) is 3.08. The molecule has 5 nitrogen and oxygen atoms in total. The fourth-order valence-electron chi connectivity index (χ4n) is 1.24. The molecule has 0 N–H and O–H groups in total. The van der Waals surface area contributed by atoms with Crippen LogP contribution >= 0.6 is 23.2 Å². The maximum atomic E-state index is 11.7. The number of esters is 1. The number of carbonyl (C=O) groups excluding carboxylic acids is 1. The van der Waals surface area contributed by atoms with E-state index in [1.54, 1.807) is 13.0 Å². The number of carbonyl (C=O) groups is 1. The molecule has 0 atom stereocenters. The lowest BCUT2D eigenvalue weighted by atomic mass is 10.3. The minimum Gasteiger partial charge on any atom is -0.455 e. The van der Waals surface area contributed by atoms with Crippen LogP contribution in [-0.4, -0.2) is 16.1 Å². The summed E-state index contributed by atoms with van der Waals surface area (Å²) in [4.78, 5) is 15.4. The van der Waals surface area contributed by atoms with Crippen LogP contribution in [0.4, 0.5) is 0 Å². The lowest BCUT2D eigenvalue weighted by molar-refractivity contribution is 0.0464. The van der Waals surface area contributed by atoms with Crippen molar-refractivity contribution in [1.29, 1.82) is 0 Å². The predicted molar refractivity (Wildman–Crippen MR) is 64.6 cm³/mol. The molecular formula is C11H8Cl2N2O3. The summed E-state index contributed by atoms with van der Waals surface area (Å²) in [5.74, 6) is 0.0963. The molecule has 18 heavy (non-hydrogen) atoms. The molecule has 0 bridgehead atoms. The highest BCUT2D eigenvalue weighted by Gasteiger charge is 2.11. The lowest BCUT2D eigenvalue weighted by Gasteiger charge is -2.03. The third-order valence-electron chi connectivity index (χ3n) is 2.06. The van der Waals surface area contributed by atoms with Crippen molar-refractivity contribution in [2.24, 2.45) is 0 Å². The van der Waals surface area contributed by atoms with Crippen LogP contribution in [0.5, 0.6) is 0 Å². The molecule has 94 valence electrons. The predicted octanol–water partition coefficient (Wildman–Crippen LogP) is 3.04. The Kier molecular flexibility index (Phi) is 3.84. The van der Waals surface area contributed by atoms with Gasteiger partial charge < -0.3 is 9.26 Å². The Bertz CT molecular complexity index is 583. The highest BCUT2D eigenvalue weighted by Crippen LogP contribution is 2.20. The first-order chi connectivity index (χ1) is 8.56. The molecule has 0 fully saturated rings. The fourth-order valence-corrected chi connectivity index (χ4v) is 1.51.